The van der Waals surface area contributed by atoms with Gasteiger partial charge in [0, 0.05) is 42.1 Å². The van der Waals surface area contributed by atoms with Gasteiger partial charge in [-0.05, 0) is 43.2 Å². The zero-order valence-electron chi connectivity index (χ0n) is 14.3. The van der Waals surface area contributed by atoms with Gasteiger partial charge in [-0.1, -0.05) is 12.1 Å². The second-order valence-corrected chi connectivity index (χ2v) is 6.60. The number of pyridine rings is 2. The third-order valence-corrected chi connectivity index (χ3v) is 4.81. The predicted octanol–water partition coefficient (Wildman–Crippen LogP) is 2.56. The van der Waals surface area contributed by atoms with Crippen LogP contribution < -0.4 is 5.43 Å². The molecule has 0 N–H and O–H groups in total. The van der Waals surface area contributed by atoms with E-state index in [4.69, 9.17) is 0 Å². The van der Waals surface area contributed by atoms with Crippen LogP contribution in [0.5, 0.6) is 0 Å². The van der Waals surface area contributed by atoms with Gasteiger partial charge in [-0.2, -0.15) is 0 Å². The number of aryl methyl sites for hydroxylation is 2. The summed E-state index contributed by atoms with van der Waals surface area (Å²) >= 11 is 0. The van der Waals surface area contributed by atoms with E-state index < -0.39 is 0 Å². The molecule has 1 aliphatic heterocycles. The summed E-state index contributed by atoms with van der Waals surface area (Å²) in [5.41, 5.74) is 4.84. The monoisotopic (exact) mass is 333 g/mol. The Bertz CT molecular complexity index is 1050. The SMILES string of the molecule is Cc1cc2c(cn1)CN(C(=O)Cn1c(C)cc(=O)c3ccccc31)C2. The van der Waals surface area contributed by atoms with E-state index in [1.54, 1.807) is 12.1 Å². The van der Waals surface area contributed by atoms with Crippen molar-refractivity contribution in [2.45, 2.75) is 33.5 Å². The van der Waals surface area contributed by atoms with Crippen LogP contribution >= 0.6 is 0 Å². The molecular formula is C20H19N3O2. The Balaban J connectivity index is 1.64. The minimum absolute atomic E-state index is 0.00748. The summed E-state index contributed by atoms with van der Waals surface area (Å²) in [7, 11) is 0. The van der Waals surface area contributed by atoms with Gasteiger partial charge in [0.25, 0.3) is 0 Å². The van der Waals surface area contributed by atoms with Gasteiger partial charge < -0.3 is 9.47 Å². The summed E-state index contributed by atoms with van der Waals surface area (Å²) < 4.78 is 1.92. The summed E-state index contributed by atoms with van der Waals surface area (Å²) in [5.74, 6) is 0.0470. The highest BCUT2D eigenvalue weighted by atomic mass is 16.2. The van der Waals surface area contributed by atoms with E-state index in [2.05, 4.69) is 4.98 Å². The van der Waals surface area contributed by atoms with Crippen molar-refractivity contribution in [3.05, 3.63) is 75.3 Å². The topological polar surface area (TPSA) is 55.2 Å². The van der Waals surface area contributed by atoms with E-state index in [1.165, 1.54) is 5.56 Å². The molecular weight excluding hydrogens is 314 g/mol. The van der Waals surface area contributed by atoms with Crippen LogP contribution in [0.2, 0.25) is 0 Å². The number of rotatable bonds is 2. The van der Waals surface area contributed by atoms with Crippen LogP contribution in [-0.2, 0) is 24.4 Å². The highest BCUT2D eigenvalue weighted by Crippen LogP contribution is 2.23. The molecule has 1 aliphatic rings. The van der Waals surface area contributed by atoms with Crippen LogP contribution in [0.15, 0.2) is 47.4 Å². The van der Waals surface area contributed by atoms with E-state index >= 15 is 0 Å². The Hall–Kier alpha value is -2.95. The van der Waals surface area contributed by atoms with Crippen molar-refractivity contribution >= 4 is 16.8 Å². The largest absolute Gasteiger partial charge is 0.335 e. The Labute approximate surface area is 145 Å². The summed E-state index contributed by atoms with van der Waals surface area (Å²) in [6.45, 7) is 5.27. The number of para-hydroxylation sites is 1. The fourth-order valence-electron chi connectivity index (χ4n) is 3.48. The van der Waals surface area contributed by atoms with Gasteiger partial charge in [-0.25, -0.2) is 0 Å². The lowest BCUT2D eigenvalue weighted by Crippen LogP contribution is -2.30. The quantitative estimate of drug-likeness (QED) is 0.724. The molecule has 4 rings (SSSR count). The molecule has 0 atom stereocenters. The fraction of sp³-hybridized carbons (Fsp3) is 0.250. The first-order valence-electron chi connectivity index (χ1n) is 8.34. The molecule has 0 saturated heterocycles. The molecule has 0 bridgehead atoms. The zero-order valence-corrected chi connectivity index (χ0v) is 14.3. The summed E-state index contributed by atoms with van der Waals surface area (Å²) in [4.78, 5) is 31.2. The fourth-order valence-corrected chi connectivity index (χ4v) is 3.48. The van der Waals surface area contributed by atoms with E-state index in [-0.39, 0.29) is 17.9 Å². The van der Waals surface area contributed by atoms with Crippen molar-refractivity contribution < 1.29 is 4.79 Å². The molecule has 0 unspecified atom stereocenters. The Kier molecular flexibility index (Phi) is 3.64. The second-order valence-electron chi connectivity index (χ2n) is 6.60. The Morgan fingerprint density at radius 2 is 1.88 bits per heavy atom. The molecule has 2 aromatic heterocycles. The first kappa shape index (κ1) is 15.6. The lowest BCUT2D eigenvalue weighted by Gasteiger charge is -2.19. The Morgan fingerprint density at radius 1 is 1.12 bits per heavy atom. The molecule has 1 aromatic carbocycles. The van der Waals surface area contributed by atoms with E-state index in [1.807, 2.05) is 53.8 Å². The van der Waals surface area contributed by atoms with Crippen molar-refractivity contribution in [1.29, 1.82) is 0 Å². The van der Waals surface area contributed by atoms with Gasteiger partial charge in [0.05, 0.1) is 5.52 Å². The molecule has 126 valence electrons. The molecule has 3 heterocycles. The number of fused-ring (bicyclic) bond motifs is 2. The summed E-state index contributed by atoms with van der Waals surface area (Å²) in [6.07, 6.45) is 1.86. The van der Waals surface area contributed by atoms with E-state index in [0.29, 0.717) is 18.5 Å². The summed E-state index contributed by atoms with van der Waals surface area (Å²) in [5, 5.41) is 0.644. The molecule has 0 aliphatic carbocycles. The van der Waals surface area contributed by atoms with Gasteiger partial charge in [-0.3, -0.25) is 14.6 Å². The maximum absolute atomic E-state index is 12.9. The van der Waals surface area contributed by atoms with Gasteiger partial charge in [0.1, 0.15) is 6.54 Å². The average molecular weight is 333 g/mol. The van der Waals surface area contributed by atoms with Crippen LogP contribution in [0.3, 0.4) is 0 Å². The predicted molar refractivity (Wildman–Crippen MR) is 96.2 cm³/mol. The zero-order chi connectivity index (χ0) is 17.6. The van der Waals surface area contributed by atoms with E-state index in [0.717, 1.165) is 22.5 Å². The molecule has 1 amide bonds. The lowest BCUT2D eigenvalue weighted by molar-refractivity contribution is -0.132. The molecule has 3 aromatic rings. The second kappa shape index (κ2) is 5.84. The normalized spacial score (nSPS) is 13.3. The summed E-state index contributed by atoms with van der Waals surface area (Å²) in [6, 6.07) is 11.1. The van der Waals surface area contributed by atoms with Crippen molar-refractivity contribution in [3.63, 3.8) is 0 Å². The molecule has 0 radical (unpaired) electrons. The van der Waals surface area contributed by atoms with Crippen LogP contribution in [-0.4, -0.2) is 20.4 Å². The standard InChI is InChI=1S/C20H19N3O2/c1-13-7-15-10-22(11-16(15)9-21-13)20(25)12-23-14(2)8-19(24)17-5-3-4-6-18(17)23/h3-9H,10-12H2,1-2H3. The third-order valence-electron chi connectivity index (χ3n) is 4.81. The van der Waals surface area contributed by atoms with Gasteiger partial charge in [0.15, 0.2) is 5.43 Å². The number of carbonyl (C=O) groups is 1. The molecule has 0 fully saturated rings. The number of hydrogen-bond acceptors (Lipinski definition) is 3. The maximum Gasteiger partial charge on any atom is 0.243 e. The van der Waals surface area contributed by atoms with Crippen molar-refractivity contribution in [3.8, 4) is 0 Å². The lowest BCUT2D eigenvalue weighted by atomic mass is 10.2. The van der Waals surface area contributed by atoms with E-state index in [9.17, 15) is 9.59 Å². The number of aromatic nitrogens is 2. The van der Waals surface area contributed by atoms with Gasteiger partial charge >= 0.3 is 0 Å². The van der Waals surface area contributed by atoms with Crippen molar-refractivity contribution in [1.82, 2.24) is 14.5 Å². The molecule has 0 spiro atoms. The van der Waals surface area contributed by atoms with Crippen LogP contribution in [0.25, 0.3) is 10.9 Å². The molecule has 5 nitrogen and oxygen atoms in total. The third kappa shape index (κ3) is 2.71. The molecule has 25 heavy (non-hydrogen) atoms. The highest BCUT2D eigenvalue weighted by Gasteiger charge is 2.24. The number of amides is 1. The van der Waals surface area contributed by atoms with Crippen molar-refractivity contribution in [2.24, 2.45) is 0 Å². The first-order valence-corrected chi connectivity index (χ1v) is 8.34. The molecule has 0 saturated carbocycles. The highest BCUT2D eigenvalue weighted by molar-refractivity contribution is 5.83. The van der Waals surface area contributed by atoms with Crippen LogP contribution in [0, 0.1) is 13.8 Å². The van der Waals surface area contributed by atoms with Gasteiger partial charge in [-0.15, -0.1) is 0 Å². The Morgan fingerprint density at radius 3 is 2.72 bits per heavy atom. The smallest absolute Gasteiger partial charge is 0.243 e. The minimum Gasteiger partial charge on any atom is -0.335 e. The van der Waals surface area contributed by atoms with Crippen molar-refractivity contribution in [2.75, 3.05) is 0 Å². The molecule has 5 heteroatoms. The first-order chi connectivity index (χ1) is 12.0. The number of nitrogens with zero attached hydrogens (tertiary/aromatic N) is 3. The average Bonchev–Trinajstić information content (AvgIpc) is 3.01. The number of benzene rings is 1. The van der Waals surface area contributed by atoms with Gasteiger partial charge in [0.2, 0.25) is 5.91 Å². The van der Waals surface area contributed by atoms with Crippen LogP contribution in [0.4, 0.5) is 0 Å². The number of carbonyl (C=O) groups excluding carboxylic acids is 1. The maximum atomic E-state index is 12.9. The minimum atomic E-state index is -0.00748. The van der Waals surface area contributed by atoms with Crippen LogP contribution in [0.1, 0.15) is 22.5 Å². The number of hydrogen-bond donors (Lipinski definition) is 0.